The van der Waals surface area contributed by atoms with Crippen LogP contribution in [-0.2, 0) is 9.53 Å². The van der Waals surface area contributed by atoms with Crippen LogP contribution in [0.3, 0.4) is 0 Å². The molecule has 0 aromatic heterocycles. The van der Waals surface area contributed by atoms with Crippen molar-refractivity contribution in [3.8, 4) is 0 Å². The second-order valence-corrected chi connectivity index (χ2v) is 3.21. The molecule has 0 heterocycles. The molecule has 1 atom stereocenters. The summed E-state index contributed by atoms with van der Waals surface area (Å²) in [6.07, 6.45) is -0.285. The molecule has 0 saturated heterocycles. The summed E-state index contributed by atoms with van der Waals surface area (Å²) in [5.74, 6) is -0.558. The van der Waals surface area contributed by atoms with Crippen LogP contribution in [0, 0.1) is 0 Å². The zero-order valence-electron chi connectivity index (χ0n) is 7.55. The third-order valence-corrected chi connectivity index (χ3v) is 1.57. The van der Waals surface area contributed by atoms with Gasteiger partial charge in [-0.25, -0.2) is 4.79 Å². The Bertz CT molecular complexity index is 138. The second kappa shape index (κ2) is 3.72. The van der Waals surface area contributed by atoms with Gasteiger partial charge < -0.3 is 9.84 Å². The van der Waals surface area contributed by atoms with Gasteiger partial charge in [-0.2, -0.15) is 0 Å². The van der Waals surface area contributed by atoms with Crippen LogP contribution in [0.2, 0.25) is 0 Å². The van der Waals surface area contributed by atoms with Gasteiger partial charge in [-0.1, -0.05) is 6.92 Å². The zero-order valence-corrected chi connectivity index (χ0v) is 7.55. The third kappa shape index (κ3) is 3.98. The summed E-state index contributed by atoms with van der Waals surface area (Å²) in [6.45, 7) is 6.95. The van der Waals surface area contributed by atoms with Gasteiger partial charge in [0.1, 0.15) is 11.7 Å². The predicted octanol–water partition coefficient (Wildman–Crippen LogP) is 1.10. The molecular weight excluding hydrogens is 144 g/mol. The van der Waals surface area contributed by atoms with Gasteiger partial charge in [0.2, 0.25) is 0 Å². The Hall–Kier alpha value is -0.570. The van der Waals surface area contributed by atoms with Crippen molar-refractivity contribution in [2.75, 3.05) is 0 Å². The highest BCUT2D eigenvalue weighted by atomic mass is 16.6. The SMILES string of the molecule is CCC(C)(C)OC(=O)C(C)O. The number of ether oxygens (including phenoxy) is 1. The first-order valence-corrected chi connectivity index (χ1v) is 3.80. The highest BCUT2D eigenvalue weighted by molar-refractivity contribution is 5.74. The fourth-order valence-electron chi connectivity index (χ4n) is 0.430. The molecule has 0 bridgehead atoms. The Labute approximate surface area is 67.4 Å². The van der Waals surface area contributed by atoms with Crippen LogP contribution in [0.1, 0.15) is 34.1 Å². The fraction of sp³-hybridized carbons (Fsp3) is 0.875. The molecule has 0 aliphatic carbocycles. The van der Waals surface area contributed by atoms with Crippen LogP contribution in [-0.4, -0.2) is 22.8 Å². The van der Waals surface area contributed by atoms with E-state index in [1.165, 1.54) is 6.92 Å². The van der Waals surface area contributed by atoms with Crippen LogP contribution in [0.15, 0.2) is 0 Å². The Morgan fingerprint density at radius 1 is 1.64 bits per heavy atom. The number of aliphatic hydroxyl groups excluding tert-OH is 1. The minimum Gasteiger partial charge on any atom is -0.458 e. The van der Waals surface area contributed by atoms with E-state index in [2.05, 4.69) is 0 Å². The summed E-state index contributed by atoms with van der Waals surface area (Å²) in [5.41, 5.74) is -0.464. The highest BCUT2D eigenvalue weighted by Gasteiger charge is 2.22. The molecule has 66 valence electrons. The van der Waals surface area contributed by atoms with Crippen molar-refractivity contribution in [3.63, 3.8) is 0 Å². The molecule has 1 unspecified atom stereocenters. The largest absolute Gasteiger partial charge is 0.458 e. The van der Waals surface area contributed by atoms with Crippen molar-refractivity contribution in [1.82, 2.24) is 0 Å². The Morgan fingerprint density at radius 3 is 2.36 bits per heavy atom. The molecule has 0 saturated carbocycles. The summed E-state index contributed by atoms with van der Waals surface area (Å²) >= 11 is 0. The van der Waals surface area contributed by atoms with E-state index < -0.39 is 17.7 Å². The summed E-state index contributed by atoms with van der Waals surface area (Å²) in [6, 6.07) is 0. The third-order valence-electron chi connectivity index (χ3n) is 1.57. The summed E-state index contributed by atoms with van der Waals surface area (Å²) in [4.78, 5) is 10.8. The summed E-state index contributed by atoms with van der Waals surface area (Å²) < 4.78 is 4.96. The molecule has 0 aromatic carbocycles. The van der Waals surface area contributed by atoms with Crippen molar-refractivity contribution < 1.29 is 14.6 Å². The van der Waals surface area contributed by atoms with Gasteiger partial charge >= 0.3 is 5.97 Å². The molecule has 0 aliphatic heterocycles. The van der Waals surface area contributed by atoms with Gasteiger partial charge in [-0.3, -0.25) is 0 Å². The maximum absolute atomic E-state index is 10.8. The minimum atomic E-state index is -1.03. The molecule has 0 radical (unpaired) electrons. The average molecular weight is 160 g/mol. The lowest BCUT2D eigenvalue weighted by atomic mass is 10.1. The van der Waals surface area contributed by atoms with E-state index >= 15 is 0 Å². The number of esters is 1. The van der Waals surface area contributed by atoms with Gasteiger partial charge in [0.25, 0.3) is 0 Å². The van der Waals surface area contributed by atoms with Crippen molar-refractivity contribution in [3.05, 3.63) is 0 Å². The smallest absolute Gasteiger partial charge is 0.335 e. The second-order valence-electron chi connectivity index (χ2n) is 3.21. The lowest BCUT2D eigenvalue weighted by Gasteiger charge is -2.23. The first-order valence-electron chi connectivity index (χ1n) is 3.80. The molecule has 1 N–H and O–H groups in total. The summed E-state index contributed by atoms with van der Waals surface area (Å²) in [5, 5.41) is 8.81. The van der Waals surface area contributed by atoms with Gasteiger partial charge in [-0.05, 0) is 27.2 Å². The number of carbonyl (C=O) groups is 1. The van der Waals surface area contributed by atoms with Crippen LogP contribution in [0.25, 0.3) is 0 Å². The van der Waals surface area contributed by atoms with E-state index in [0.717, 1.165) is 6.42 Å². The first-order chi connectivity index (χ1) is 4.89. The molecule has 0 aromatic rings. The summed E-state index contributed by atoms with van der Waals surface area (Å²) in [7, 11) is 0. The highest BCUT2D eigenvalue weighted by Crippen LogP contribution is 2.14. The molecule has 0 fully saturated rings. The quantitative estimate of drug-likeness (QED) is 0.629. The van der Waals surface area contributed by atoms with E-state index in [1.807, 2.05) is 20.8 Å². The van der Waals surface area contributed by atoms with Crippen LogP contribution in [0.5, 0.6) is 0 Å². The Kier molecular flexibility index (Phi) is 3.52. The number of rotatable bonds is 3. The zero-order chi connectivity index (χ0) is 9.07. The Balaban J connectivity index is 3.94. The molecule has 3 nitrogen and oxygen atoms in total. The van der Waals surface area contributed by atoms with E-state index in [1.54, 1.807) is 0 Å². The average Bonchev–Trinajstić information content (AvgIpc) is 1.87. The van der Waals surface area contributed by atoms with Gasteiger partial charge in [0, 0.05) is 0 Å². The van der Waals surface area contributed by atoms with Crippen molar-refractivity contribution >= 4 is 5.97 Å². The van der Waals surface area contributed by atoms with Gasteiger partial charge in [0.15, 0.2) is 0 Å². The molecule has 0 spiro atoms. The van der Waals surface area contributed by atoms with E-state index in [9.17, 15) is 4.79 Å². The molecule has 0 aliphatic rings. The molecule has 3 heteroatoms. The van der Waals surface area contributed by atoms with Gasteiger partial charge in [0.05, 0.1) is 0 Å². The van der Waals surface area contributed by atoms with Crippen molar-refractivity contribution in [1.29, 1.82) is 0 Å². The van der Waals surface area contributed by atoms with E-state index in [4.69, 9.17) is 9.84 Å². The molecule has 0 amide bonds. The van der Waals surface area contributed by atoms with Crippen LogP contribution < -0.4 is 0 Å². The van der Waals surface area contributed by atoms with Crippen LogP contribution in [0.4, 0.5) is 0 Å². The van der Waals surface area contributed by atoms with E-state index in [-0.39, 0.29) is 0 Å². The lowest BCUT2D eigenvalue weighted by molar-refractivity contribution is -0.165. The number of aliphatic hydroxyl groups is 1. The fourth-order valence-corrected chi connectivity index (χ4v) is 0.430. The molecule has 0 rings (SSSR count). The predicted molar refractivity (Wildman–Crippen MR) is 42.1 cm³/mol. The molecular formula is C8H16O3. The van der Waals surface area contributed by atoms with E-state index in [0.29, 0.717) is 0 Å². The maximum atomic E-state index is 10.8. The van der Waals surface area contributed by atoms with Crippen molar-refractivity contribution in [2.45, 2.75) is 45.8 Å². The standard InChI is InChI=1S/C8H16O3/c1-5-8(3,4)11-7(10)6(2)9/h6,9H,5H2,1-4H3. The van der Waals surface area contributed by atoms with Crippen LogP contribution >= 0.6 is 0 Å². The number of hydrogen-bond acceptors (Lipinski definition) is 3. The lowest BCUT2D eigenvalue weighted by Crippen LogP contribution is -2.32. The minimum absolute atomic E-state index is 0.464. The number of carbonyl (C=O) groups excluding carboxylic acids is 1. The maximum Gasteiger partial charge on any atom is 0.335 e. The number of hydrogen-bond donors (Lipinski definition) is 1. The molecule has 11 heavy (non-hydrogen) atoms. The normalized spacial score (nSPS) is 14.3. The topological polar surface area (TPSA) is 46.5 Å². The van der Waals surface area contributed by atoms with Gasteiger partial charge in [-0.15, -0.1) is 0 Å². The first kappa shape index (κ1) is 10.4. The van der Waals surface area contributed by atoms with Crippen molar-refractivity contribution in [2.24, 2.45) is 0 Å². The monoisotopic (exact) mass is 160 g/mol. The Morgan fingerprint density at radius 2 is 2.09 bits per heavy atom.